The summed E-state index contributed by atoms with van der Waals surface area (Å²) >= 11 is 0. The first-order chi connectivity index (χ1) is 9.63. The third-order valence-electron chi connectivity index (χ3n) is 3.17. The van der Waals surface area contributed by atoms with Crippen molar-refractivity contribution in [3.63, 3.8) is 0 Å². The van der Waals surface area contributed by atoms with E-state index in [1.807, 2.05) is 25.1 Å². The second kappa shape index (κ2) is 4.74. The lowest BCUT2D eigenvalue weighted by Crippen LogP contribution is -2.12. The van der Waals surface area contributed by atoms with Crippen LogP contribution in [0.1, 0.15) is 16.1 Å². The minimum Gasteiger partial charge on any atom is -0.506 e. The van der Waals surface area contributed by atoms with E-state index in [-0.39, 0.29) is 11.7 Å². The number of aromatic amines is 1. The number of aryl methyl sites for hydroxylation is 1. The molecule has 100 valence electrons. The number of benzene rings is 2. The molecule has 4 heteroatoms. The van der Waals surface area contributed by atoms with Gasteiger partial charge in [0.15, 0.2) is 0 Å². The van der Waals surface area contributed by atoms with Gasteiger partial charge in [0.25, 0.3) is 5.91 Å². The Kier molecular flexibility index (Phi) is 2.91. The number of aromatic nitrogens is 1. The molecule has 0 aliphatic heterocycles. The molecule has 1 heterocycles. The molecule has 3 N–H and O–H groups in total. The molecule has 0 radical (unpaired) electrons. The summed E-state index contributed by atoms with van der Waals surface area (Å²) in [6.07, 6.45) is 0. The zero-order valence-corrected chi connectivity index (χ0v) is 11.0. The van der Waals surface area contributed by atoms with E-state index >= 15 is 0 Å². The van der Waals surface area contributed by atoms with E-state index in [4.69, 9.17) is 0 Å². The third-order valence-corrected chi connectivity index (χ3v) is 3.17. The summed E-state index contributed by atoms with van der Waals surface area (Å²) in [6, 6.07) is 14.4. The molecule has 20 heavy (non-hydrogen) atoms. The molecule has 0 spiro atoms. The number of carbonyl (C=O) groups is 1. The fourth-order valence-corrected chi connectivity index (χ4v) is 2.14. The Labute approximate surface area is 116 Å². The van der Waals surface area contributed by atoms with Crippen molar-refractivity contribution in [2.24, 2.45) is 0 Å². The Hall–Kier alpha value is -2.75. The zero-order valence-electron chi connectivity index (χ0n) is 11.0. The van der Waals surface area contributed by atoms with Gasteiger partial charge in [-0.05, 0) is 37.3 Å². The summed E-state index contributed by atoms with van der Waals surface area (Å²) < 4.78 is 0. The van der Waals surface area contributed by atoms with Crippen LogP contribution in [0.5, 0.6) is 5.75 Å². The molecule has 0 saturated heterocycles. The molecule has 0 atom stereocenters. The van der Waals surface area contributed by atoms with Gasteiger partial charge in [-0.15, -0.1) is 0 Å². The van der Waals surface area contributed by atoms with E-state index in [2.05, 4.69) is 10.3 Å². The Balaban J connectivity index is 1.91. The van der Waals surface area contributed by atoms with Crippen LogP contribution in [-0.2, 0) is 0 Å². The van der Waals surface area contributed by atoms with Crippen molar-refractivity contribution in [3.05, 3.63) is 59.8 Å². The smallest absolute Gasteiger partial charge is 0.272 e. The van der Waals surface area contributed by atoms with Crippen LogP contribution >= 0.6 is 0 Å². The highest BCUT2D eigenvalue weighted by molar-refractivity contribution is 6.06. The molecule has 0 aliphatic carbocycles. The number of phenolic OH excluding ortho intramolecular Hbond substituents is 1. The number of phenols is 1. The van der Waals surface area contributed by atoms with E-state index in [9.17, 15) is 9.90 Å². The van der Waals surface area contributed by atoms with Crippen molar-refractivity contribution in [1.29, 1.82) is 0 Å². The Morgan fingerprint density at radius 1 is 1.15 bits per heavy atom. The van der Waals surface area contributed by atoms with Gasteiger partial charge in [0.05, 0.1) is 5.69 Å². The second-order valence-corrected chi connectivity index (χ2v) is 4.74. The average molecular weight is 266 g/mol. The van der Waals surface area contributed by atoms with Gasteiger partial charge < -0.3 is 15.4 Å². The van der Waals surface area contributed by atoms with Gasteiger partial charge in [-0.1, -0.05) is 23.8 Å². The van der Waals surface area contributed by atoms with Crippen LogP contribution in [0.2, 0.25) is 0 Å². The third kappa shape index (κ3) is 2.23. The van der Waals surface area contributed by atoms with Crippen molar-refractivity contribution in [3.8, 4) is 5.75 Å². The highest BCUT2D eigenvalue weighted by atomic mass is 16.3. The average Bonchev–Trinajstić information content (AvgIpc) is 2.84. The SMILES string of the molecule is Cc1ccc2[nH]c(C(=O)Nc3ccccc3O)cc2c1. The Morgan fingerprint density at radius 3 is 2.75 bits per heavy atom. The number of hydrogen-bond acceptors (Lipinski definition) is 2. The van der Waals surface area contributed by atoms with E-state index in [0.29, 0.717) is 11.4 Å². The van der Waals surface area contributed by atoms with Gasteiger partial charge in [0.2, 0.25) is 0 Å². The molecule has 0 saturated carbocycles. The van der Waals surface area contributed by atoms with Crippen molar-refractivity contribution < 1.29 is 9.90 Å². The monoisotopic (exact) mass is 266 g/mol. The summed E-state index contributed by atoms with van der Waals surface area (Å²) in [5.41, 5.74) is 2.92. The molecule has 0 unspecified atom stereocenters. The van der Waals surface area contributed by atoms with Crippen molar-refractivity contribution >= 4 is 22.5 Å². The van der Waals surface area contributed by atoms with Crippen LogP contribution in [0.15, 0.2) is 48.5 Å². The maximum Gasteiger partial charge on any atom is 0.272 e. The minimum absolute atomic E-state index is 0.0489. The number of para-hydroxylation sites is 2. The first-order valence-corrected chi connectivity index (χ1v) is 6.32. The highest BCUT2D eigenvalue weighted by Crippen LogP contribution is 2.23. The standard InChI is InChI=1S/C16H14N2O2/c1-10-6-7-12-11(8-10)9-14(17-12)16(20)18-13-4-2-3-5-15(13)19/h2-9,17,19H,1H3,(H,18,20). The normalized spacial score (nSPS) is 10.7. The molecule has 0 fully saturated rings. The summed E-state index contributed by atoms with van der Waals surface area (Å²) in [5.74, 6) is -0.229. The van der Waals surface area contributed by atoms with Gasteiger partial charge in [0, 0.05) is 10.9 Å². The van der Waals surface area contributed by atoms with Crippen LogP contribution in [0, 0.1) is 6.92 Å². The largest absolute Gasteiger partial charge is 0.506 e. The topological polar surface area (TPSA) is 65.1 Å². The number of hydrogen-bond donors (Lipinski definition) is 3. The Morgan fingerprint density at radius 2 is 1.95 bits per heavy atom. The number of H-pyrrole nitrogens is 1. The summed E-state index contributed by atoms with van der Waals surface area (Å²) in [7, 11) is 0. The molecular formula is C16H14N2O2. The minimum atomic E-state index is -0.277. The molecule has 0 aliphatic rings. The number of aromatic hydroxyl groups is 1. The quantitative estimate of drug-likeness (QED) is 0.622. The van der Waals surface area contributed by atoms with Gasteiger partial charge in [-0.3, -0.25) is 4.79 Å². The molecule has 0 bridgehead atoms. The molecule has 3 rings (SSSR count). The predicted octanol–water partition coefficient (Wildman–Crippen LogP) is 3.43. The van der Waals surface area contributed by atoms with E-state index in [0.717, 1.165) is 16.5 Å². The van der Waals surface area contributed by atoms with Crippen molar-refractivity contribution in [2.45, 2.75) is 6.92 Å². The molecule has 1 aromatic heterocycles. The summed E-state index contributed by atoms with van der Waals surface area (Å²) in [6.45, 7) is 2.01. The van der Waals surface area contributed by atoms with Crippen LogP contribution in [0.25, 0.3) is 10.9 Å². The fourth-order valence-electron chi connectivity index (χ4n) is 2.14. The number of anilines is 1. The van der Waals surface area contributed by atoms with Crippen LogP contribution in [0.3, 0.4) is 0 Å². The molecule has 1 amide bonds. The lowest BCUT2D eigenvalue weighted by molar-refractivity contribution is 0.102. The van der Waals surface area contributed by atoms with Gasteiger partial charge >= 0.3 is 0 Å². The number of fused-ring (bicyclic) bond motifs is 1. The lowest BCUT2D eigenvalue weighted by Gasteiger charge is -2.05. The zero-order chi connectivity index (χ0) is 14.1. The second-order valence-electron chi connectivity index (χ2n) is 4.74. The van der Waals surface area contributed by atoms with Crippen molar-refractivity contribution in [2.75, 3.05) is 5.32 Å². The number of nitrogens with one attached hydrogen (secondary N) is 2. The van der Waals surface area contributed by atoms with Gasteiger partial charge in [0.1, 0.15) is 11.4 Å². The highest BCUT2D eigenvalue weighted by Gasteiger charge is 2.11. The van der Waals surface area contributed by atoms with E-state index < -0.39 is 0 Å². The van der Waals surface area contributed by atoms with Gasteiger partial charge in [-0.2, -0.15) is 0 Å². The first kappa shape index (κ1) is 12.3. The molecular weight excluding hydrogens is 252 g/mol. The van der Waals surface area contributed by atoms with Crippen LogP contribution in [-0.4, -0.2) is 16.0 Å². The van der Waals surface area contributed by atoms with Crippen molar-refractivity contribution in [1.82, 2.24) is 4.98 Å². The van der Waals surface area contributed by atoms with Crippen LogP contribution in [0.4, 0.5) is 5.69 Å². The van der Waals surface area contributed by atoms with E-state index in [1.165, 1.54) is 6.07 Å². The number of carbonyl (C=O) groups excluding carboxylic acids is 1. The molecule has 3 aromatic rings. The van der Waals surface area contributed by atoms with E-state index in [1.54, 1.807) is 24.3 Å². The maximum atomic E-state index is 12.2. The Bertz CT molecular complexity index is 790. The number of amides is 1. The molecule has 4 nitrogen and oxygen atoms in total. The van der Waals surface area contributed by atoms with Crippen LogP contribution < -0.4 is 5.32 Å². The summed E-state index contributed by atoms with van der Waals surface area (Å²) in [5, 5.41) is 13.3. The van der Waals surface area contributed by atoms with Gasteiger partial charge in [-0.25, -0.2) is 0 Å². The number of rotatable bonds is 2. The lowest BCUT2D eigenvalue weighted by atomic mass is 10.2. The fraction of sp³-hybridized carbons (Fsp3) is 0.0625. The predicted molar refractivity (Wildman–Crippen MR) is 79.1 cm³/mol. The summed E-state index contributed by atoms with van der Waals surface area (Å²) in [4.78, 5) is 15.2. The molecule has 2 aromatic carbocycles. The maximum absolute atomic E-state index is 12.2. The first-order valence-electron chi connectivity index (χ1n) is 6.32.